The third-order valence-electron chi connectivity index (χ3n) is 5.24. The van der Waals surface area contributed by atoms with E-state index >= 15 is 0 Å². The number of rotatable bonds is 7. The van der Waals surface area contributed by atoms with E-state index in [1.807, 2.05) is 30.3 Å². The predicted molar refractivity (Wildman–Crippen MR) is 133 cm³/mol. The molecule has 0 radical (unpaired) electrons. The fourth-order valence-corrected chi connectivity index (χ4v) is 3.68. The van der Waals surface area contributed by atoms with Gasteiger partial charge >= 0.3 is 0 Å². The van der Waals surface area contributed by atoms with Crippen LogP contribution in [0.15, 0.2) is 65.7 Å². The molecule has 2 unspecified atom stereocenters. The largest absolute Gasteiger partial charge is 0.355 e. The van der Waals surface area contributed by atoms with Gasteiger partial charge in [0.1, 0.15) is 0 Å². The van der Waals surface area contributed by atoms with E-state index in [-0.39, 0.29) is 29.9 Å². The number of benzene rings is 2. The van der Waals surface area contributed by atoms with Gasteiger partial charge in [-0.3, -0.25) is 14.7 Å². The number of nitrogens with one attached hydrogen (secondary N) is 3. The zero-order chi connectivity index (χ0) is 20.5. The Morgan fingerprint density at radius 3 is 2.33 bits per heavy atom. The molecule has 3 N–H and O–H groups in total. The number of hydrogen-bond donors (Lipinski definition) is 3. The minimum absolute atomic E-state index is 0. The van der Waals surface area contributed by atoms with Crippen LogP contribution in [0.5, 0.6) is 0 Å². The molecule has 0 spiro atoms. The molecule has 30 heavy (non-hydrogen) atoms. The molecule has 7 heteroatoms. The third kappa shape index (κ3) is 7.28. The Morgan fingerprint density at radius 1 is 1.03 bits per heavy atom. The first-order chi connectivity index (χ1) is 14.2. The summed E-state index contributed by atoms with van der Waals surface area (Å²) in [5, 5.41) is 9.73. The highest BCUT2D eigenvalue weighted by atomic mass is 127. The van der Waals surface area contributed by atoms with Gasteiger partial charge in [-0.25, -0.2) is 0 Å². The molecule has 6 nitrogen and oxygen atoms in total. The molecule has 1 saturated heterocycles. The molecule has 1 aliphatic heterocycles. The van der Waals surface area contributed by atoms with Crippen LogP contribution >= 0.6 is 24.0 Å². The van der Waals surface area contributed by atoms with Crippen LogP contribution < -0.4 is 16.0 Å². The summed E-state index contributed by atoms with van der Waals surface area (Å²) in [6.07, 6.45) is 1.08. The van der Waals surface area contributed by atoms with Crippen molar-refractivity contribution in [2.24, 2.45) is 4.99 Å². The van der Waals surface area contributed by atoms with Crippen LogP contribution in [-0.4, -0.2) is 55.5 Å². The van der Waals surface area contributed by atoms with Crippen molar-refractivity contribution < 1.29 is 4.79 Å². The second kappa shape index (κ2) is 12.5. The number of guanidine groups is 1. The Hall–Kier alpha value is -2.13. The maximum atomic E-state index is 12.1. The Kier molecular flexibility index (Phi) is 10.1. The van der Waals surface area contributed by atoms with E-state index in [0.717, 1.165) is 25.5 Å². The number of hydrogen-bond acceptors (Lipinski definition) is 3. The average Bonchev–Trinajstić information content (AvgIpc) is 3.10. The molecule has 0 saturated carbocycles. The van der Waals surface area contributed by atoms with Crippen LogP contribution in [0.3, 0.4) is 0 Å². The summed E-state index contributed by atoms with van der Waals surface area (Å²) in [4.78, 5) is 18.9. The molecule has 1 fully saturated rings. The molecule has 3 rings (SSSR count). The summed E-state index contributed by atoms with van der Waals surface area (Å²) in [7, 11) is 1.78. The molecule has 1 aliphatic rings. The van der Waals surface area contributed by atoms with Crippen LogP contribution in [0, 0.1) is 0 Å². The first kappa shape index (κ1) is 24.1. The van der Waals surface area contributed by atoms with Crippen molar-refractivity contribution in [3.8, 4) is 0 Å². The normalized spacial score (nSPS) is 19.1. The van der Waals surface area contributed by atoms with Crippen LogP contribution in [0.25, 0.3) is 0 Å². The predicted octanol–water partition coefficient (Wildman–Crippen LogP) is 2.86. The fourth-order valence-electron chi connectivity index (χ4n) is 3.68. The number of carbonyl (C=O) groups excluding carboxylic acids is 1. The minimum atomic E-state index is -0.0588. The van der Waals surface area contributed by atoms with Crippen molar-refractivity contribution in [3.05, 3.63) is 71.8 Å². The Bertz CT molecular complexity index is 800. The van der Waals surface area contributed by atoms with E-state index in [4.69, 9.17) is 0 Å². The number of carbonyl (C=O) groups is 1. The molecule has 2 aromatic carbocycles. The number of nitrogens with zero attached hydrogens (tertiary/aromatic N) is 2. The van der Waals surface area contributed by atoms with Crippen LogP contribution in [-0.2, 0) is 6.54 Å². The molecule has 0 bridgehead atoms. The van der Waals surface area contributed by atoms with E-state index in [9.17, 15) is 4.79 Å². The maximum Gasteiger partial charge on any atom is 0.251 e. The summed E-state index contributed by atoms with van der Waals surface area (Å²) in [6.45, 7) is 5.39. The lowest BCUT2D eigenvalue weighted by molar-refractivity contribution is 0.0954. The summed E-state index contributed by atoms with van der Waals surface area (Å²) in [6, 6.07) is 20.7. The zero-order valence-corrected chi connectivity index (χ0v) is 20.0. The molecule has 1 amide bonds. The topological polar surface area (TPSA) is 68.8 Å². The van der Waals surface area contributed by atoms with Gasteiger partial charge in [-0.05, 0) is 31.0 Å². The van der Waals surface area contributed by atoms with Gasteiger partial charge < -0.3 is 16.0 Å². The summed E-state index contributed by atoms with van der Waals surface area (Å²) < 4.78 is 0. The van der Waals surface area contributed by atoms with Crippen molar-refractivity contribution in [2.45, 2.75) is 32.0 Å². The SMILES string of the molecule is CN=C(NCCNC(=O)c1ccccc1)NC1CC(C)N(Cc2ccccc2)C1.I. The van der Waals surface area contributed by atoms with E-state index in [1.54, 1.807) is 7.05 Å². The zero-order valence-electron chi connectivity index (χ0n) is 17.7. The standard InChI is InChI=1S/C23H31N5O.HI/c1-18-15-21(17-28(18)16-19-9-5-3-6-10-19)27-23(24-2)26-14-13-25-22(29)20-11-7-4-8-12-20;/h3-12,18,21H,13-17H2,1-2H3,(H,25,29)(H2,24,26,27);1H. The molecule has 0 aliphatic carbocycles. The third-order valence-corrected chi connectivity index (χ3v) is 5.24. The van der Waals surface area contributed by atoms with Crippen molar-refractivity contribution in [2.75, 3.05) is 26.7 Å². The number of amides is 1. The van der Waals surface area contributed by atoms with Gasteiger partial charge in [0.2, 0.25) is 0 Å². The molecular formula is C23H32IN5O. The van der Waals surface area contributed by atoms with Gasteiger partial charge in [-0.2, -0.15) is 0 Å². The highest BCUT2D eigenvalue weighted by molar-refractivity contribution is 14.0. The Labute approximate surface area is 196 Å². The van der Waals surface area contributed by atoms with Crippen LogP contribution in [0.1, 0.15) is 29.3 Å². The van der Waals surface area contributed by atoms with E-state index in [0.29, 0.717) is 30.7 Å². The first-order valence-corrected chi connectivity index (χ1v) is 10.2. The lowest BCUT2D eigenvalue weighted by Gasteiger charge is -2.21. The van der Waals surface area contributed by atoms with Crippen molar-refractivity contribution in [1.29, 1.82) is 0 Å². The Morgan fingerprint density at radius 2 is 1.67 bits per heavy atom. The summed E-state index contributed by atoms with van der Waals surface area (Å²) in [5.41, 5.74) is 2.02. The van der Waals surface area contributed by atoms with Crippen molar-refractivity contribution in [3.63, 3.8) is 0 Å². The van der Waals surface area contributed by atoms with Crippen molar-refractivity contribution >= 4 is 35.8 Å². The quantitative estimate of drug-likeness (QED) is 0.227. The van der Waals surface area contributed by atoms with Gasteiger partial charge in [0.25, 0.3) is 5.91 Å². The first-order valence-electron chi connectivity index (χ1n) is 10.2. The van der Waals surface area contributed by atoms with Gasteiger partial charge in [-0.1, -0.05) is 48.5 Å². The molecule has 1 heterocycles. The van der Waals surface area contributed by atoms with Gasteiger partial charge in [0, 0.05) is 50.9 Å². The van der Waals surface area contributed by atoms with Gasteiger partial charge in [0.15, 0.2) is 5.96 Å². The summed E-state index contributed by atoms with van der Waals surface area (Å²) >= 11 is 0. The highest BCUT2D eigenvalue weighted by Gasteiger charge is 2.29. The van der Waals surface area contributed by atoms with E-state index in [1.165, 1.54) is 5.56 Å². The molecular weight excluding hydrogens is 489 g/mol. The number of likely N-dealkylation sites (tertiary alicyclic amines) is 1. The van der Waals surface area contributed by atoms with Crippen LogP contribution in [0.4, 0.5) is 0 Å². The van der Waals surface area contributed by atoms with Gasteiger partial charge in [0.05, 0.1) is 0 Å². The monoisotopic (exact) mass is 521 g/mol. The maximum absolute atomic E-state index is 12.1. The van der Waals surface area contributed by atoms with E-state index in [2.05, 4.69) is 63.1 Å². The lowest BCUT2D eigenvalue weighted by Crippen LogP contribution is -2.46. The molecule has 0 aromatic heterocycles. The van der Waals surface area contributed by atoms with Crippen LogP contribution in [0.2, 0.25) is 0 Å². The summed E-state index contributed by atoms with van der Waals surface area (Å²) in [5.74, 6) is 0.717. The van der Waals surface area contributed by atoms with Crippen molar-refractivity contribution in [1.82, 2.24) is 20.9 Å². The smallest absolute Gasteiger partial charge is 0.251 e. The van der Waals surface area contributed by atoms with E-state index < -0.39 is 0 Å². The number of aliphatic imine (C=N–C) groups is 1. The van der Waals surface area contributed by atoms with Gasteiger partial charge in [-0.15, -0.1) is 24.0 Å². The number of halogens is 1. The second-order valence-electron chi connectivity index (χ2n) is 7.46. The minimum Gasteiger partial charge on any atom is -0.355 e. The molecule has 2 aromatic rings. The fraction of sp³-hybridized carbons (Fsp3) is 0.391. The Balaban J connectivity index is 0.00000320. The molecule has 162 valence electrons. The highest BCUT2D eigenvalue weighted by Crippen LogP contribution is 2.20. The molecule has 2 atom stereocenters. The average molecular weight is 521 g/mol. The second-order valence-corrected chi connectivity index (χ2v) is 7.46. The lowest BCUT2D eigenvalue weighted by atomic mass is 10.2.